The standard InChI is InChI=1S/C28H29N5O6S/c1-35-21-11-6-18(7-12-21)27-31-32-28(33(27)20-9-13-22(36-2)14-10-20)40-17-24(34)30-29-16-19-8-15-23(37-3)26(39-5)25(19)38-4/h6-16H,17H2,1-5H3,(H,30,34). The lowest BCUT2D eigenvalue weighted by molar-refractivity contribution is -0.118. The normalized spacial score (nSPS) is 10.8. The molecule has 0 aliphatic rings. The van der Waals surface area contributed by atoms with Crippen LogP contribution >= 0.6 is 11.8 Å². The van der Waals surface area contributed by atoms with Gasteiger partial charge < -0.3 is 23.7 Å². The molecule has 0 unspecified atom stereocenters. The fraction of sp³-hybridized carbons (Fsp3) is 0.214. The molecule has 40 heavy (non-hydrogen) atoms. The maximum Gasteiger partial charge on any atom is 0.250 e. The largest absolute Gasteiger partial charge is 0.497 e. The molecular formula is C28H29N5O6S. The Hall–Kier alpha value is -4.71. The summed E-state index contributed by atoms with van der Waals surface area (Å²) in [6.45, 7) is 0. The highest BCUT2D eigenvalue weighted by Crippen LogP contribution is 2.39. The number of benzene rings is 3. The van der Waals surface area contributed by atoms with Crippen LogP contribution in [-0.4, -0.2) is 68.2 Å². The Morgan fingerprint density at radius 3 is 2.08 bits per heavy atom. The first kappa shape index (κ1) is 28.3. The Morgan fingerprint density at radius 2 is 1.48 bits per heavy atom. The van der Waals surface area contributed by atoms with Gasteiger partial charge in [0.25, 0.3) is 5.91 Å². The lowest BCUT2D eigenvalue weighted by Gasteiger charge is -2.13. The van der Waals surface area contributed by atoms with E-state index in [4.69, 9.17) is 23.7 Å². The molecule has 1 N–H and O–H groups in total. The number of nitrogens with one attached hydrogen (secondary N) is 1. The molecule has 0 fully saturated rings. The van der Waals surface area contributed by atoms with E-state index in [9.17, 15) is 4.79 Å². The molecule has 4 aromatic rings. The zero-order chi connectivity index (χ0) is 28.5. The van der Waals surface area contributed by atoms with Gasteiger partial charge in [0.05, 0.1) is 47.5 Å². The van der Waals surface area contributed by atoms with Crippen molar-refractivity contribution in [3.05, 3.63) is 66.2 Å². The zero-order valence-corrected chi connectivity index (χ0v) is 23.5. The van der Waals surface area contributed by atoms with Crippen molar-refractivity contribution in [1.29, 1.82) is 0 Å². The predicted octanol–water partition coefficient (Wildman–Crippen LogP) is 4.22. The van der Waals surface area contributed by atoms with Gasteiger partial charge in [-0.2, -0.15) is 5.10 Å². The lowest BCUT2D eigenvalue weighted by Crippen LogP contribution is -2.20. The van der Waals surface area contributed by atoms with Gasteiger partial charge in [0.15, 0.2) is 22.5 Å². The fourth-order valence-corrected chi connectivity index (χ4v) is 4.56. The number of aromatic nitrogens is 3. The van der Waals surface area contributed by atoms with Crippen LogP contribution in [-0.2, 0) is 4.79 Å². The number of hydrazone groups is 1. The summed E-state index contributed by atoms with van der Waals surface area (Å²) < 4.78 is 28.6. The Labute approximate surface area is 236 Å². The zero-order valence-electron chi connectivity index (χ0n) is 22.7. The van der Waals surface area contributed by atoms with Gasteiger partial charge in [-0.1, -0.05) is 11.8 Å². The van der Waals surface area contributed by atoms with Crippen LogP contribution in [0.4, 0.5) is 0 Å². The average molecular weight is 564 g/mol. The van der Waals surface area contributed by atoms with Crippen molar-refractivity contribution in [3.8, 4) is 45.8 Å². The number of carbonyl (C=O) groups is 1. The van der Waals surface area contributed by atoms with Crippen molar-refractivity contribution in [2.24, 2.45) is 5.10 Å². The molecule has 4 rings (SSSR count). The van der Waals surface area contributed by atoms with Crippen LogP contribution < -0.4 is 29.1 Å². The molecule has 1 aromatic heterocycles. The van der Waals surface area contributed by atoms with E-state index in [-0.39, 0.29) is 11.7 Å². The molecule has 0 aliphatic heterocycles. The fourth-order valence-electron chi connectivity index (χ4n) is 3.82. The SMILES string of the molecule is COc1ccc(-c2nnc(SCC(=O)NN=Cc3ccc(OC)c(OC)c3OC)n2-c2ccc(OC)cc2)cc1. The monoisotopic (exact) mass is 563 g/mol. The third-order valence-electron chi connectivity index (χ3n) is 5.77. The summed E-state index contributed by atoms with van der Waals surface area (Å²) in [6.07, 6.45) is 1.48. The first-order valence-corrected chi connectivity index (χ1v) is 13.0. The van der Waals surface area contributed by atoms with Crippen molar-refractivity contribution >= 4 is 23.9 Å². The number of nitrogens with zero attached hydrogens (tertiary/aromatic N) is 4. The topological polar surface area (TPSA) is 118 Å². The summed E-state index contributed by atoms with van der Waals surface area (Å²) in [4.78, 5) is 12.7. The first-order chi connectivity index (χ1) is 19.5. The van der Waals surface area contributed by atoms with Gasteiger partial charge in [-0.3, -0.25) is 9.36 Å². The average Bonchev–Trinajstić information content (AvgIpc) is 3.43. The van der Waals surface area contributed by atoms with Crippen molar-refractivity contribution in [2.75, 3.05) is 41.3 Å². The number of hydrogen-bond donors (Lipinski definition) is 1. The quantitative estimate of drug-likeness (QED) is 0.154. The van der Waals surface area contributed by atoms with E-state index in [1.54, 1.807) is 33.5 Å². The van der Waals surface area contributed by atoms with Gasteiger partial charge in [0.1, 0.15) is 11.5 Å². The van der Waals surface area contributed by atoms with Crippen molar-refractivity contribution in [2.45, 2.75) is 5.16 Å². The van der Waals surface area contributed by atoms with E-state index in [2.05, 4.69) is 20.7 Å². The second-order valence-corrected chi connectivity index (χ2v) is 9.02. The van der Waals surface area contributed by atoms with Crippen LogP contribution in [0.1, 0.15) is 5.56 Å². The second-order valence-electron chi connectivity index (χ2n) is 8.07. The van der Waals surface area contributed by atoms with Gasteiger partial charge >= 0.3 is 0 Å². The van der Waals surface area contributed by atoms with Gasteiger partial charge in [-0.25, -0.2) is 5.43 Å². The highest BCUT2D eigenvalue weighted by Gasteiger charge is 2.18. The minimum absolute atomic E-state index is 0.0529. The molecule has 1 heterocycles. The van der Waals surface area contributed by atoms with Crippen molar-refractivity contribution in [1.82, 2.24) is 20.2 Å². The van der Waals surface area contributed by atoms with Crippen LogP contribution in [0.25, 0.3) is 17.1 Å². The van der Waals surface area contributed by atoms with E-state index in [0.29, 0.717) is 33.8 Å². The van der Waals surface area contributed by atoms with Crippen LogP contribution in [0.3, 0.4) is 0 Å². The highest BCUT2D eigenvalue weighted by molar-refractivity contribution is 7.99. The van der Waals surface area contributed by atoms with E-state index < -0.39 is 0 Å². The molecule has 11 nitrogen and oxygen atoms in total. The molecule has 0 atom stereocenters. The molecule has 3 aromatic carbocycles. The second kappa shape index (κ2) is 13.4. The number of hydrogen-bond acceptors (Lipinski definition) is 10. The number of rotatable bonds is 12. The Bertz CT molecular complexity index is 1470. The van der Waals surface area contributed by atoms with Gasteiger partial charge in [-0.15, -0.1) is 10.2 Å². The number of ether oxygens (including phenoxy) is 5. The lowest BCUT2D eigenvalue weighted by atomic mass is 10.2. The maximum atomic E-state index is 12.7. The summed E-state index contributed by atoms with van der Waals surface area (Å²) in [5.41, 5.74) is 4.81. The van der Waals surface area contributed by atoms with Gasteiger partial charge in [0.2, 0.25) is 5.75 Å². The number of amides is 1. The molecule has 208 valence electrons. The number of thioether (sulfide) groups is 1. The van der Waals surface area contributed by atoms with Crippen LogP contribution in [0.15, 0.2) is 70.9 Å². The number of methoxy groups -OCH3 is 5. The molecule has 0 saturated carbocycles. The van der Waals surface area contributed by atoms with E-state index in [1.807, 2.05) is 53.1 Å². The molecule has 0 saturated heterocycles. The summed E-state index contributed by atoms with van der Waals surface area (Å²) in [5.74, 6) is 3.20. The summed E-state index contributed by atoms with van der Waals surface area (Å²) in [6, 6.07) is 18.5. The Kier molecular flexibility index (Phi) is 9.47. The Morgan fingerprint density at radius 1 is 0.825 bits per heavy atom. The summed E-state index contributed by atoms with van der Waals surface area (Å²) in [5, 5.41) is 13.4. The minimum atomic E-state index is -0.323. The first-order valence-electron chi connectivity index (χ1n) is 12.0. The van der Waals surface area contributed by atoms with Gasteiger partial charge in [0, 0.05) is 16.8 Å². The van der Waals surface area contributed by atoms with Crippen molar-refractivity contribution in [3.63, 3.8) is 0 Å². The minimum Gasteiger partial charge on any atom is -0.497 e. The maximum absolute atomic E-state index is 12.7. The smallest absolute Gasteiger partial charge is 0.250 e. The van der Waals surface area contributed by atoms with E-state index in [1.165, 1.54) is 32.2 Å². The summed E-state index contributed by atoms with van der Waals surface area (Å²) >= 11 is 1.23. The third-order valence-corrected chi connectivity index (χ3v) is 6.70. The van der Waals surface area contributed by atoms with E-state index >= 15 is 0 Å². The van der Waals surface area contributed by atoms with Crippen LogP contribution in [0.2, 0.25) is 0 Å². The van der Waals surface area contributed by atoms with Crippen molar-refractivity contribution < 1.29 is 28.5 Å². The predicted molar refractivity (Wildman–Crippen MR) is 152 cm³/mol. The molecule has 0 aliphatic carbocycles. The molecular weight excluding hydrogens is 534 g/mol. The molecule has 0 spiro atoms. The van der Waals surface area contributed by atoms with Gasteiger partial charge in [-0.05, 0) is 60.7 Å². The summed E-state index contributed by atoms with van der Waals surface area (Å²) in [7, 11) is 7.80. The molecule has 1 amide bonds. The molecule has 12 heteroatoms. The third kappa shape index (κ3) is 6.29. The van der Waals surface area contributed by atoms with Crippen LogP contribution in [0.5, 0.6) is 28.7 Å². The Balaban J connectivity index is 1.52. The molecule has 0 bridgehead atoms. The highest BCUT2D eigenvalue weighted by atomic mass is 32.2. The van der Waals surface area contributed by atoms with E-state index in [0.717, 1.165) is 22.7 Å². The molecule has 0 radical (unpaired) electrons. The van der Waals surface area contributed by atoms with Crippen LogP contribution in [0, 0.1) is 0 Å². The number of carbonyl (C=O) groups excluding carboxylic acids is 1.